The van der Waals surface area contributed by atoms with Crippen LogP contribution in [0.2, 0.25) is 0 Å². The summed E-state index contributed by atoms with van der Waals surface area (Å²) in [6, 6.07) is 2.06. The van der Waals surface area contributed by atoms with E-state index in [1.54, 1.807) is 0 Å². The smallest absolute Gasteiger partial charge is 0.0422 e. The van der Waals surface area contributed by atoms with Gasteiger partial charge in [-0.05, 0) is 50.9 Å². The normalized spacial score (nSPS) is 20.5. The van der Waals surface area contributed by atoms with Crippen LogP contribution >= 0.6 is 0 Å². The molecule has 0 aromatic carbocycles. The lowest BCUT2D eigenvalue weighted by atomic mass is 10.1. The lowest BCUT2D eigenvalue weighted by Crippen LogP contribution is -2.17. The average molecular weight is 205 g/mol. The Morgan fingerprint density at radius 3 is 3.13 bits per heavy atom. The summed E-state index contributed by atoms with van der Waals surface area (Å²) in [7, 11) is 0. The Balaban J connectivity index is 1.95. The fraction of sp³-hybridized carbons (Fsp3) is 0.583. The molecule has 0 bridgehead atoms. The number of hydrogen-bond donors (Lipinski definition) is 2. The molecule has 0 saturated carbocycles. The lowest BCUT2D eigenvalue weighted by Gasteiger charge is -2.14. The first-order chi connectivity index (χ1) is 7.27. The molecule has 3 nitrogen and oxygen atoms in total. The quantitative estimate of drug-likeness (QED) is 0.789. The number of aromatic nitrogens is 1. The van der Waals surface area contributed by atoms with Crippen LogP contribution < -0.4 is 10.6 Å². The fourth-order valence-corrected chi connectivity index (χ4v) is 1.97. The Hall–Kier alpha value is -1.09. The standard InChI is InChI=1S/C12H19N3/c1-9-10(2)14-6-4-12(9)15-8-11-3-5-13-7-11/h4,6,11,13H,3,5,7-8H2,1-2H3,(H,14,15). The first-order valence-corrected chi connectivity index (χ1v) is 5.64. The third kappa shape index (κ3) is 2.48. The molecule has 1 aliphatic heterocycles. The van der Waals surface area contributed by atoms with Crippen LogP contribution in [0.15, 0.2) is 12.3 Å². The van der Waals surface area contributed by atoms with Gasteiger partial charge in [-0.25, -0.2) is 0 Å². The van der Waals surface area contributed by atoms with Crippen LogP contribution in [0.1, 0.15) is 17.7 Å². The van der Waals surface area contributed by atoms with Gasteiger partial charge in [-0.15, -0.1) is 0 Å². The van der Waals surface area contributed by atoms with E-state index in [1.165, 1.54) is 24.2 Å². The van der Waals surface area contributed by atoms with Gasteiger partial charge >= 0.3 is 0 Å². The minimum absolute atomic E-state index is 0.776. The maximum Gasteiger partial charge on any atom is 0.0422 e. The minimum Gasteiger partial charge on any atom is -0.384 e. The van der Waals surface area contributed by atoms with Crippen molar-refractivity contribution in [2.75, 3.05) is 25.0 Å². The molecular formula is C12H19N3. The van der Waals surface area contributed by atoms with Crippen molar-refractivity contribution in [3.63, 3.8) is 0 Å². The highest BCUT2D eigenvalue weighted by Crippen LogP contribution is 2.17. The van der Waals surface area contributed by atoms with Crippen LogP contribution in [0.3, 0.4) is 0 Å². The average Bonchev–Trinajstić information content (AvgIpc) is 2.73. The van der Waals surface area contributed by atoms with Crippen molar-refractivity contribution in [1.29, 1.82) is 0 Å². The van der Waals surface area contributed by atoms with Crippen molar-refractivity contribution in [2.45, 2.75) is 20.3 Å². The van der Waals surface area contributed by atoms with Crippen LogP contribution in [0, 0.1) is 19.8 Å². The van der Waals surface area contributed by atoms with E-state index in [9.17, 15) is 0 Å². The van der Waals surface area contributed by atoms with Crippen LogP contribution in [0.4, 0.5) is 5.69 Å². The first-order valence-electron chi connectivity index (χ1n) is 5.64. The molecular weight excluding hydrogens is 186 g/mol. The first kappa shape index (κ1) is 10.4. The summed E-state index contributed by atoms with van der Waals surface area (Å²) >= 11 is 0. The number of pyridine rings is 1. The Morgan fingerprint density at radius 2 is 2.40 bits per heavy atom. The number of aryl methyl sites for hydroxylation is 1. The van der Waals surface area contributed by atoms with Crippen molar-refractivity contribution in [1.82, 2.24) is 10.3 Å². The van der Waals surface area contributed by atoms with Crippen LogP contribution in [0.5, 0.6) is 0 Å². The summed E-state index contributed by atoms with van der Waals surface area (Å²) in [5.74, 6) is 0.776. The molecule has 2 N–H and O–H groups in total. The summed E-state index contributed by atoms with van der Waals surface area (Å²) in [6.45, 7) is 7.56. The third-order valence-corrected chi connectivity index (χ3v) is 3.20. The second-order valence-electron chi connectivity index (χ2n) is 4.31. The SMILES string of the molecule is Cc1nccc(NCC2CCNC2)c1C. The van der Waals surface area contributed by atoms with Gasteiger partial charge in [0.1, 0.15) is 0 Å². The predicted molar refractivity (Wildman–Crippen MR) is 63.2 cm³/mol. The maximum absolute atomic E-state index is 4.27. The van der Waals surface area contributed by atoms with Crippen LogP contribution in [-0.4, -0.2) is 24.6 Å². The van der Waals surface area contributed by atoms with Gasteiger partial charge in [0.2, 0.25) is 0 Å². The molecule has 1 fully saturated rings. The van der Waals surface area contributed by atoms with E-state index in [0.717, 1.165) is 24.7 Å². The number of anilines is 1. The molecule has 1 atom stereocenters. The van der Waals surface area contributed by atoms with Gasteiger partial charge in [0.05, 0.1) is 0 Å². The number of rotatable bonds is 3. The number of nitrogens with zero attached hydrogens (tertiary/aromatic N) is 1. The predicted octanol–water partition coefficient (Wildman–Crippen LogP) is 1.72. The van der Waals surface area contributed by atoms with Gasteiger partial charge in [-0.3, -0.25) is 4.98 Å². The molecule has 1 aromatic heterocycles. The summed E-state index contributed by atoms with van der Waals surface area (Å²) in [5, 5.41) is 6.90. The van der Waals surface area contributed by atoms with Crippen molar-refractivity contribution in [3.8, 4) is 0 Å². The van der Waals surface area contributed by atoms with Gasteiger partial charge in [0.15, 0.2) is 0 Å². The summed E-state index contributed by atoms with van der Waals surface area (Å²) in [4.78, 5) is 4.27. The van der Waals surface area contributed by atoms with Crippen molar-refractivity contribution >= 4 is 5.69 Å². The van der Waals surface area contributed by atoms with Gasteiger partial charge in [-0.2, -0.15) is 0 Å². The summed E-state index contributed by atoms with van der Waals surface area (Å²) < 4.78 is 0. The maximum atomic E-state index is 4.27. The Labute approximate surface area is 91.3 Å². The van der Waals surface area contributed by atoms with E-state index < -0.39 is 0 Å². The summed E-state index contributed by atoms with van der Waals surface area (Å²) in [5.41, 5.74) is 3.61. The monoisotopic (exact) mass is 205 g/mol. The van der Waals surface area contributed by atoms with Gasteiger partial charge in [-0.1, -0.05) is 0 Å². The van der Waals surface area contributed by atoms with E-state index >= 15 is 0 Å². The van der Waals surface area contributed by atoms with Gasteiger partial charge < -0.3 is 10.6 Å². The second-order valence-corrected chi connectivity index (χ2v) is 4.31. The third-order valence-electron chi connectivity index (χ3n) is 3.20. The molecule has 1 unspecified atom stereocenters. The zero-order valence-electron chi connectivity index (χ0n) is 9.51. The van der Waals surface area contributed by atoms with E-state index in [0.29, 0.717) is 0 Å². The number of nitrogens with one attached hydrogen (secondary N) is 2. The van der Waals surface area contributed by atoms with Gasteiger partial charge in [0.25, 0.3) is 0 Å². The molecule has 2 heterocycles. The molecule has 0 radical (unpaired) electrons. The van der Waals surface area contributed by atoms with E-state index in [1.807, 2.05) is 6.20 Å². The zero-order valence-corrected chi connectivity index (χ0v) is 9.51. The molecule has 0 spiro atoms. The van der Waals surface area contributed by atoms with Crippen molar-refractivity contribution < 1.29 is 0 Å². The van der Waals surface area contributed by atoms with Crippen molar-refractivity contribution in [2.24, 2.45) is 5.92 Å². The van der Waals surface area contributed by atoms with Gasteiger partial charge in [0, 0.05) is 24.1 Å². The molecule has 82 valence electrons. The van der Waals surface area contributed by atoms with Crippen LogP contribution in [-0.2, 0) is 0 Å². The highest BCUT2D eigenvalue weighted by atomic mass is 14.9. The minimum atomic E-state index is 0.776. The Kier molecular flexibility index (Phi) is 3.21. The second kappa shape index (κ2) is 4.62. The zero-order chi connectivity index (χ0) is 10.7. The van der Waals surface area contributed by atoms with E-state index in [2.05, 4.69) is 35.5 Å². The molecule has 1 aromatic rings. The topological polar surface area (TPSA) is 37.0 Å². The molecule has 0 amide bonds. The Morgan fingerprint density at radius 1 is 1.53 bits per heavy atom. The molecule has 3 heteroatoms. The largest absolute Gasteiger partial charge is 0.384 e. The molecule has 15 heavy (non-hydrogen) atoms. The number of hydrogen-bond acceptors (Lipinski definition) is 3. The fourth-order valence-electron chi connectivity index (χ4n) is 1.97. The lowest BCUT2D eigenvalue weighted by molar-refractivity contribution is 0.615. The Bertz CT molecular complexity index is 330. The van der Waals surface area contributed by atoms with E-state index in [-0.39, 0.29) is 0 Å². The molecule has 1 aliphatic rings. The highest BCUT2D eigenvalue weighted by Gasteiger charge is 2.14. The van der Waals surface area contributed by atoms with Crippen LogP contribution in [0.25, 0.3) is 0 Å². The molecule has 1 saturated heterocycles. The van der Waals surface area contributed by atoms with E-state index in [4.69, 9.17) is 0 Å². The highest BCUT2D eigenvalue weighted by molar-refractivity contribution is 5.51. The van der Waals surface area contributed by atoms with Crippen molar-refractivity contribution in [3.05, 3.63) is 23.5 Å². The molecule has 0 aliphatic carbocycles. The molecule has 2 rings (SSSR count). The summed E-state index contributed by atoms with van der Waals surface area (Å²) in [6.07, 6.45) is 3.16.